The second-order valence-electron chi connectivity index (χ2n) is 1.89. The van der Waals surface area contributed by atoms with E-state index in [1.54, 1.807) is 6.08 Å². The lowest BCUT2D eigenvalue weighted by molar-refractivity contribution is 0.0791. The predicted molar refractivity (Wildman–Crippen MR) is 35.1 cm³/mol. The van der Waals surface area contributed by atoms with Gasteiger partial charge in [-0.15, -0.1) is 0 Å². The molecule has 0 bridgehead atoms. The van der Waals surface area contributed by atoms with Crippen molar-refractivity contribution < 1.29 is 10.2 Å². The summed E-state index contributed by atoms with van der Waals surface area (Å²) in [4.78, 5) is 0. The van der Waals surface area contributed by atoms with Crippen LogP contribution in [0.1, 0.15) is 0 Å². The Morgan fingerprint density at radius 3 is 2.44 bits per heavy atom. The third kappa shape index (κ3) is 1.55. The molecule has 0 amide bonds. The summed E-state index contributed by atoms with van der Waals surface area (Å²) in [5.41, 5.74) is 0. The van der Waals surface area contributed by atoms with Crippen LogP contribution in [0.4, 0.5) is 0 Å². The summed E-state index contributed by atoms with van der Waals surface area (Å²) < 4.78 is 0. The van der Waals surface area contributed by atoms with Gasteiger partial charge in [0.25, 0.3) is 0 Å². The average Bonchev–Trinajstić information content (AvgIpc) is 1.80. The molecule has 2 nitrogen and oxygen atoms in total. The zero-order valence-corrected chi connectivity index (χ0v) is 5.42. The molecule has 0 heterocycles. The van der Waals surface area contributed by atoms with Gasteiger partial charge in [-0.3, -0.25) is 0 Å². The lowest BCUT2D eigenvalue weighted by atomic mass is 10.1. The Kier molecular flexibility index (Phi) is 1.90. The predicted octanol–water partition coefficient (Wildman–Crippen LogP) is 0.401. The van der Waals surface area contributed by atoms with Crippen LogP contribution in [-0.4, -0.2) is 22.4 Å². The van der Waals surface area contributed by atoms with E-state index in [2.05, 4.69) is 0 Å². The monoisotopic (exact) mass is 146 g/mol. The standard InChI is InChI=1S/C6H7ClO2/c7-4-1-2-5(8)6(9)3-4/h1-3,5-6,8-9H/t5-,6+/m0/s1. The van der Waals surface area contributed by atoms with Crippen molar-refractivity contribution in [1.82, 2.24) is 0 Å². The molecule has 0 aromatic heterocycles. The summed E-state index contributed by atoms with van der Waals surface area (Å²) in [6, 6.07) is 0. The van der Waals surface area contributed by atoms with Gasteiger partial charge in [-0.05, 0) is 12.2 Å². The number of aliphatic hydroxyl groups is 2. The fraction of sp³-hybridized carbons (Fsp3) is 0.333. The van der Waals surface area contributed by atoms with Crippen molar-refractivity contribution in [3.8, 4) is 0 Å². The van der Waals surface area contributed by atoms with Gasteiger partial charge >= 0.3 is 0 Å². The highest BCUT2D eigenvalue weighted by Crippen LogP contribution is 2.13. The molecule has 0 unspecified atom stereocenters. The van der Waals surface area contributed by atoms with Crippen molar-refractivity contribution in [3.63, 3.8) is 0 Å². The van der Waals surface area contributed by atoms with Gasteiger partial charge in [0, 0.05) is 5.03 Å². The van der Waals surface area contributed by atoms with Crippen LogP contribution >= 0.6 is 11.6 Å². The minimum atomic E-state index is -0.845. The molecule has 0 radical (unpaired) electrons. The van der Waals surface area contributed by atoms with Gasteiger partial charge in [0.15, 0.2) is 0 Å². The van der Waals surface area contributed by atoms with Gasteiger partial charge in [-0.1, -0.05) is 17.7 Å². The smallest absolute Gasteiger partial charge is 0.103 e. The Morgan fingerprint density at radius 1 is 1.33 bits per heavy atom. The molecule has 0 fully saturated rings. The summed E-state index contributed by atoms with van der Waals surface area (Å²) in [7, 11) is 0. The van der Waals surface area contributed by atoms with Gasteiger partial charge in [0.2, 0.25) is 0 Å². The maximum atomic E-state index is 8.89. The number of hydrogen-bond donors (Lipinski definition) is 2. The maximum absolute atomic E-state index is 8.89. The summed E-state index contributed by atoms with van der Waals surface area (Å²) >= 11 is 5.48. The molecule has 2 atom stereocenters. The Labute approximate surface area is 58.1 Å². The van der Waals surface area contributed by atoms with Crippen molar-refractivity contribution in [2.75, 3.05) is 0 Å². The topological polar surface area (TPSA) is 40.5 Å². The van der Waals surface area contributed by atoms with Crippen LogP contribution in [-0.2, 0) is 0 Å². The first-order valence-corrected chi connectivity index (χ1v) is 2.99. The summed E-state index contributed by atoms with van der Waals surface area (Å²) in [6.45, 7) is 0. The molecule has 0 aliphatic heterocycles. The molecule has 1 rings (SSSR count). The van der Waals surface area contributed by atoms with E-state index in [4.69, 9.17) is 21.8 Å². The molecule has 1 aliphatic carbocycles. The van der Waals surface area contributed by atoms with Crippen LogP contribution in [0.25, 0.3) is 0 Å². The Bertz CT molecular complexity index is 162. The number of rotatable bonds is 0. The molecule has 0 saturated heterocycles. The highest BCUT2D eigenvalue weighted by atomic mass is 35.5. The van der Waals surface area contributed by atoms with E-state index in [1.165, 1.54) is 12.2 Å². The first-order valence-electron chi connectivity index (χ1n) is 2.62. The molecular formula is C6H7ClO2. The van der Waals surface area contributed by atoms with E-state index in [9.17, 15) is 0 Å². The molecular weight excluding hydrogens is 140 g/mol. The molecule has 50 valence electrons. The van der Waals surface area contributed by atoms with Crippen molar-refractivity contribution >= 4 is 11.6 Å². The van der Waals surface area contributed by atoms with E-state index in [1.807, 2.05) is 0 Å². The highest BCUT2D eigenvalue weighted by Gasteiger charge is 2.13. The Hall–Kier alpha value is -0.310. The molecule has 2 N–H and O–H groups in total. The van der Waals surface area contributed by atoms with E-state index >= 15 is 0 Å². The van der Waals surface area contributed by atoms with Crippen molar-refractivity contribution in [1.29, 1.82) is 0 Å². The Morgan fingerprint density at radius 2 is 2.00 bits per heavy atom. The molecule has 1 aliphatic rings. The highest BCUT2D eigenvalue weighted by molar-refractivity contribution is 6.31. The number of allylic oxidation sites excluding steroid dienone is 2. The van der Waals surface area contributed by atoms with Crippen LogP contribution in [0.2, 0.25) is 0 Å². The SMILES string of the molecule is O[C@@H]1C=C(Cl)C=C[C@@H]1O. The second-order valence-corrected chi connectivity index (χ2v) is 2.33. The molecule has 0 aromatic rings. The first-order chi connectivity index (χ1) is 4.20. The van der Waals surface area contributed by atoms with Crippen molar-refractivity contribution in [2.45, 2.75) is 12.2 Å². The number of aliphatic hydroxyl groups excluding tert-OH is 2. The number of halogens is 1. The summed E-state index contributed by atoms with van der Waals surface area (Å²) in [5.74, 6) is 0. The van der Waals surface area contributed by atoms with Crippen molar-refractivity contribution in [2.24, 2.45) is 0 Å². The minimum absolute atomic E-state index is 0.466. The van der Waals surface area contributed by atoms with Gasteiger partial charge < -0.3 is 10.2 Å². The van der Waals surface area contributed by atoms with Crippen molar-refractivity contribution in [3.05, 3.63) is 23.3 Å². The zero-order chi connectivity index (χ0) is 6.85. The van der Waals surface area contributed by atoms with Gasteiger partial charge in [0.1, 0.15) is 12.2 Å². The maximum Gasteiger partial charge on any atom is 0.103 e. The molecule has 0 spiro atoms. The van der Waals surface area contributed by atoms with Crippen LogP contribution in [0, 0.1) is 0 Å². The molecule has 0 aromatic carbocycles. The van der Waals surface area contributed by atoms with Crippen LogP contribution in [0.15, 0.2) is 23.3 Å². The van der Waals surface area contributed by atoms with E-state index in [0.717, 1.165) is 0 Å². The lowest BCUT2D eigenvalue weighted by Gasteiger charge is -2.13. The van der Waals surface area contributed by atoms with Crippen LogP contribution in [0.5, 0.6) is 0 Å². The fourth-order valence-corrected chi connectivity index (χ4v) is 0.823. The summed E-state index contributed by atoms with van der Waals surface area (Å²) in [6.07, 6.45) is 2.76. The van der Waals surface area contributed by atoms with E-state index in [-0.39, 0.29) is 0 Å². The molecule has 3 heteroatoms. The Balaban J connectivity index is 2.70. The van der Waals surface area contributed by atoms with E-state index in [0.29, 0.717) is 5.03 Å². The minimum Gasteiger partial charge on any atom is -0.386 e. The quantitative estimate of drug-likeness (QED) is 0.520. The second kappa shape index (κ2) is 2.52. The van der Waals surface area contributed by atoms with E-state index < -0.39 is 12.2 Å². The van der Waals surface area contributed by atoms with Crippen LogP contribution < -0.4 is 0 Å². The lowest BCUT2D eigenvalue weighted by Crippen LogP contribution is -2.23. The molecule has 9 heavy (non-hydrogen) atoms. The third-order valence-electron chi connectivity index (χ3n) is 1.13. The normalized spacial score (nSPS) is 34.3. The first kappa shape index (κ1) is 6.81. The van der Waals surface area contributed by atoms with Crippen LogP contribution in [0.3, 0.4) is 0 Å². The fourth-order valence-electron chi connectivity index (χ4n) is 0.622. The largest absolute Gasteiger partial charge is 0.386 e. The van der Waals surface area contributed by atoms with Gasteiger partial charge in [-0.25, -0.2) is 0 Å². The zero-order valence-electron chi connectivity index (χ0n) is 4.66. The average molecular weight is 147 g/mol. The number of hydrogen-bond acceptors (Lipinski definition) is 2. The van der Waals surface area contributed by atoms with Gasteiger partial charge in [-0.2, -0.15) is 0 Å². The summed E-state index contributed by atoms with van der Waals surface area (Å²) in [5, 5.41) is 18.2. The molecule has 0 saturated carbocycles. The third-order valence-corrected chi connectivity index (χ3v) is 1.38. The van der Waals surface area contributed by atoms with Gasteiger partial charge in [0.05, 0.1) is 0 Å².